The quantitative estimate of drug-likeness (QED) is 0.0702. The fourth-order valence-corrected chi connectivity index (χ4v) is 6.47. The molecule has 0 unspecified atom stereocenters. The Kier molecular flexibility index (Phi) is 12.8. The largest absolute Gasteiger partial charge is 0.494 e. The van der Waals surface area contributed by atoms with Gasteiger partial charge in [-0.1, -0.05) is 49.0 Å². The highest BCUT2D eigenvalue weighted by Gasteiger charge is 2.25. The van der Waals surface area contributed by atoms with E-state index in [-0.39, 0.29) is 37.3 Å². The molecule has 3 aromatic rings. The number of nitrogens with zero attached hydrogens (tertiary/aromatic N) is 1. The highest BCUT2D eigenvalue weighted by molar-refractivity contribution is 6.12. The Morgan fingerprint density at radius 1 is 0.796 bits per heavy atom. The fraction of sp³-hybridized carbons (Fsp3) is 0.375. The maximum absolute atomic E-state index is 12.8. The molecule has 5 rings (SSSR count). The Labute approximate surface area is 287 Å². The molecule has 2 amide bonds. The number of alkyl halides is 1. The Hall–Kier alpha value is -4.76. The summed E-state index contributed by atoms with van der Waals surface area (Å²) in [7, 11) is 0. The van der Waals surface area contributed by atoms with Gasteiger partial charge in [0.15, 0.2) is 0 Å². The smallest absolute Gasteiger partial charge is 0.335 e. The molecule has 1 saturated carbocycles. The number of halogens is 1. The van der Waals surface area contributed by atoms with Crippen molar-refractivity contribution in [1.82, 2.24) is 4.90 Å². The molecule has 9 heteroatoms. The predicted molar refractivity (Wildman–Crippen MR) is 186 cm³/mol. The third kappa shape index (κ3) is 9.66. The van der Waals surface area contributed by atoms with Crippen LogP contribution in [-0.2, 0) is 19.1 Å². The van der Waals surface area contributed by atoms with Crippen LogP contribution in [0.25, 0.3) is 22.3 Å². The van der Waals surface area contributed by atoms with E-state index in [1.54, 1.807) is 0 Å². The van der Waals surface area contributed by atoms with E-state index in [4.69, 9.17) is 19.3 Å². The van der Waals surface area contributed by atoms with Gasteiger partial charge in [0.2, 0.25) is 0 Å². The van der Waals surface area contributed by atoms with Crippen LogP contribution >= 0.6 is 0 Å². The molecular weight excluding hydrogens is 625 g/mol. The summed E-state index contributed by atoms with van der Waals surface area (Å²) < 4.78 is 29.6. The fourth-order valence-electron chi connectivity index (χ4n) is 6.47. The second-order valence-electron chi connectivity index (χ2n) is 12.5. The zero-order chi connectivity index (χ0) is 34.6. The van der Waals surface area contributed by atoms with Gasteiger partial charge in [-0.05, 0) is 109 Å². The van der Waals surface area contributed by atoms with E-state index in [1.165, 1.54) is 22.6 Å². The van der Waals surface area contributed by atoms with Crippen molar-refractivity contribution in [2.24, 2.45) is 5.92 Å². The van der Waals surface area contributed by atoms with Crippen LogP contribution in [0.1, 0.15) is 56.4 Å². The molecule has 0 aromatic heterocycles. The highest BCUT2D eigenvalue weighted by Crippen LogP contribution is 2.43. The van der Waals surface area contributed by atoms with E-state index in [2.05, 4.69) is 43.0 Å². The molecule has 3 aromatic carbocycles. The van der Waals surface area contributed by atoms with Gasteiger partial charge in [0, 0.05) is 18.7 Å². The van der Waals surface area contributed by atoms with E-state index in [0.29, 0.717) is 43.6 Å². The molecule has 8 nitrogen and oxygen atoms in total. The van der Waals surface area contributed by atoms with Crippen LogP contribution in [0, 0.1) is 5.92 Å². The predicted octanol–water partition coefficient (Wildman–Crippen LogP) is 7.21. The molecule has 0 atom stereocenters. The molecule has 0 saturated heterocycles. The molecule has 2 aliphatic rings. The average Bonchev–Trinajstić information content (AvgIpc) is 3.46. The van der Waals surface area contributed by atoms with Crippen LogP contribution in [0.4, 0.5) is 4.39 Å². The number of benzene rings is 3. The Morgan fingerprint density at radius 3 is 2.06 bits per heavy atom. The number of amides is 2. The summed E-state index contributed by atoms with van der Waals surface area (Å²) >= 11 is 0. The number of hydrogen-bond acceptors (Lipinski definition) is 7. The lowest BCUT2D eigenvalue weighted by Gasteiger charge is -2.30. The van der Waals surface area contributed by atoms with Crippen LogP contribution in [0.2, 0.25) is 0 Å². The normalized spacial score (nSPS) is 17.3. The van der Waals surface area contributed by atoms with E-state index < -0.39 is 12.6 Å². The summed E-state index contributed by atoms with van der Waals surface area (Å²) in [6, 6.07) is 22.4. The van der Waals surface area contributed by atoms with Crippen molar-refractivity contribution in [3.63, 3.8) is 0 Å². The van der Waals surface area contributed by atoms with Crippen LogP contribution in [0.3, 0.4) is 0 Å². The van der Waals surface area contributed by atoms with Crippen molar-refractivity contribution in [2.45, 2.75) is 50.9 Å². The van der Waals surface area contributed by atoms with Crippen molar-refractivity contribution in [3.05, 3.63) is 96.6 Å². The van der Waals surface area contributed by atoms with Crippen molar-refractivity contribution in [2.75, 3.05) is 39.6 Å². The standard InChI is InChI=1S/C40H44FNO7/c1-28(27-43)40(46)49-25-24-48-34-15-13-31(14-16-34)30-9-11-32(12-10-30)36-18-17-35(47-23-3-22-42-38(44)19-20-39(42)45)26-37(36)33-7-5-29(6-8-33)4-2-21-41/h9-20,26,29,33,43H,1-8,21-25,27H2. The first-order chi connectivity index (χ1) is 23.9. The Balaban J connectivity index is 1.23. The number of imide groups is 1. The van der Waals surface area contributed by atoms with Gasteiger partial charge in [0.05, 0.1) is 25.5 Å². The van der Waals surface area contributed by atoms with Crippen LogP contribution in [0.15, 0.2) is 91.0 Å². The molecule has 1 heterocycles. The van der Waals surface area contributed by atoms with Gasteiger partial charge < -0.3 is 19.3 Å². The average molecular weight is 670 g/mol. The highest BCUT2D eigenvalue weighted by atomic mass is 19.1. The molecule has 1 aliphatic carbocycles. The van der Waals surface area contributed by atoms with Gasteiger partial charge in [-0.15, -0.1) is 0 Å². The van der Waals surface area contributed by atoms with Gasteiger partial charge in [-0.2, -0.15) is 0 Å². The number of hydrogen-bond donors (Lipinski definition) is 1. The summed E-state index contributed by atoms with van der Waals surface area (Å²) in [6.07, 6.45) is 8.99. The van der Waals surface area contributed by atoms with E-state index in [0.717, 1.165) is 60.1 Å². The molecule has 258 valence electrons. The number of ether oxygens (including phenoxy) is 3. The summed E-state index contributed by atoms with van der Waals surface area (Å²) in [6.45, 7) is 3.69. The lowest BCUT2D eigenvalue weighted by Crippen LogP contribution is -2.31. The van der Waals surface area contributed by atoms with Gasteiger partial charge in [0.1, 0.15) is 24.7 Å². The first-order valence-corrected chi connectivity index (χ1v) is 17.0. The van der Waals surface area contributed by atoms with Crippen LogP contribution in [0.5, 0.6) is 11.5 Å². The molecule has 1 fully saturated rings. The first-order valence-electron chi connectivity index (χ1n) is 17.0. The summed E-state index contributed by atoms with van der Waals surface area (Å²) in [5.41, 5.74) is 5.62. The first kappa shape index (κ1) is 35.5. The Morgan fingerprint density at radius 2 is 1.41 bits per heavy atom. The zero-order valence-electron chi connectivity index (χ0n) is 27.8. The maximum Gasteiger partial charge on any atom is 0.335 e. The van der Waals surface area contributed by atoms with Gasteiger partial charge in [-0.3, -0.25) is 18.9 Å². The second kappa shape index (κ2) is 17.6. The topological polar surface area (TPSA) is 102 Å². The second-order valence-corrected chi connectivity index (χ2v) is 12.5. The molecule has 1 N–H and O–H groups in total. The van der Waals surface area contributed by atoms with Gasteiger partial charge >= 0.3 is 5.97 Å². The SMILES string of the molecule is C=C(CO)C(=O)OCCOc1ccc(-c2ccc(-c3ccc(OCCCN4C(=O)C=CC4=O)cc3C3CCC(CCCF)CC3)cc2)cc1. The zero-order valence-corrected chi connectivity index (χ0v) is 27.8. The number of aliphatic hydroxyl groups is 1. The van der Waals surface area contributed by atoms with E-state index in [1.807, 2.05) is 30.3 Å². The number of aliphatic hydroxyl groups excluding tert-OH is 1. The lowest BCUT2D eigenvalue weighted by molar-refractivity contribution is -0.140. The van der Waals surface area contributed by atoms with Crippen molar-refractivity contribution in [3.8, 4) is 33.8 Å². The van der Waals surface area contributed by atoms with Crippen molar-refractivity contribution < 1.29 is 38.1 Å². The Bertz CT molecular complexity index is 1610. The van der Waals surface area contributed by atoms with Crippen molar-refractivity contribution >= 4 is 17.8 Å². The third-order valence-electron chi connectivity index (χ3n) is 9.20. The maximum atomic E-state index is 12.8. The molecule has 49 heavy (non-hydrogen) atoms. The number of esters is 1. The van der Waals surface area contributed by atoms with E-state index >= 15 is 0 Å². The van der Waals surface area contributed by atoms with Crippen LogP contribution < -0.4 is 9.47 Å². The minimum absolute atomic E-state index is 0.00383. The van der Waals surface area contributed by atoms with Gasteiger partial charge in [0.25, 0.3) is 11.8 Å². The summed E-state index contributed by atoms with van der Waals surface area (Å²) in [5.74, 6) is 1.16. The summed E-state index contributed by atoms with van der Waals surface area (Å²) in [4.78, 5) is 36.5. The van der Waals surface area contributed by atoms with E-state index in [9.17, 15) is 18.8 Å². The van der Waals surface area contributed by atoms with Crippen LogP contribution in [-0.4, -0.2) is 67.4 Å². The van der Waals surface area contributed by atoms with Gasteiger partial charge in [-0.25, -0.2) is 4.79 Å². The molecule has 0 spiro atoms. The number of rotatable bonds is 17. The molecule has 0 bridgehead atoms. The molecular formula is C40H44FNO7. The van der Waals surface area contributed by atoms with Crippen molar-refractivity contribution in [1.29, 1.82) is 0 Å². The minimum Gasteiger partial charge on any atom is -0.494 e. The summed E-state index contributed by atoms with van der Waals surface area (Å²) in [5, 5.41) is 8.95. The minimum atomic E-state index is -0.639. The monoisotopic (exact) mass is 669 g/mol. The number of carbonyl (C=O) groups excluding carboxylic acids is 3. The number of carbonyl (C=O) groups is 3. The molecule has 1 aliphatic heterocycles. The third-order valence-corrected chi connectivity index (χ3v) is 9.20. The molecule has 0 radical (unpaired) electrons. The lowest BCUT2D eigenvalue weighted by atomic mass is 9.75.